The number of carbonyl (C=O) groups is 2. The second kappa shape index (κ2) is 6.23. The van der Waals surface area contributed by atoms with Crippen LogP contribution < -0.4 is 10.5 Å². The van der Waals surface area contributed by atoms with E-state index in [1.54, 1.807) is 61.5 Å². The smallest absolute Gasteiger partial charge is 0.275 e. The Morgan fingerprint density at radius 2 is 1.65 bits per heavy atom. The molecule has 0 radical (unpaired) electrons. The summed E-state index contributed by atoms with van der Waals surface area (Å²) in [6, 6.07) is 15.6. The second-order valence-electron chi connectivity index (χ2n) is 5.54. The van der Waals surface area contributed by atoms with Gasteiger partial charge in [-0.2, -0.15) is 4.68 Å². The van der Waals surface area contributed by atoms with E-state index >= 15 is 0 Å². The third kappa shape index (κ3) is 2.60. The SMILES string of the molecule is Cc1nc2ccccc2c(=O)n1/N=C1/SC(=O)C(=O)N1c1ccccc1. The number of rotatable bonds is 2. The van der Waals surface area contributed by atoms with Crippen LogP contribution in [0, 0.1) is 6.92 Å². The maximum atomic E-state index is 12.8. The van der Waals surface area contributed by atoms with Crippen molar-refractivity contribution in [1.82, 2.24) is 9.66 Å². The molecule has 2 aromatic carbocycles. The number of para-hydroxylation sites is 2. The van der Waals surface area contributed by atoms with Crippen LogP contribution in [-0.2, 0) is 9.59 Å². The second-order valence-corrected chi connectivity index (χ2v) is 6.48. The minimum atomic E-state index is -0.695. The van der Waals surface area contributed by atoms with Gasteiger partial charge in [0, 0.05) is 0 Å². The largest absolute Gasteiger partial charge is 0.312 e. The zero-order chi connectivity index (χ0) is 18.3. The summed E-state index contributed by atoms with van der Waals surface area (Å²) in [6.45, 7) is 1.65. The monoisotopic (exact) mass is 364 g/mol. The molecule has 0 bridgehead atoms. The number of fused-ring (bicyclic) bond motifs is 1. The summed E-state index contributed by atoms with van der Waals surface area (Å²) in [6.07, 6.45) is 0. The molecule has 1 aliphatic rings. The summed E-state index contributed by atoms with van der Waals surface area (Å²) in [5, 5.41) is 4.16. The van der Waals surface area contributed by atoms with Crippen molar-refractivity contribution < 1.29 is 9.59 Å². The van der Waals surface area contributed by atoms with Crippen LogP contribution in [0.2, 0.25) is 0 Å². The number of amides is 1. The molecule has 0 unspecified atom stereocenters. The first kappa shape index (κ1) is 16.2. The number of hydrogen-bond donors (Lipinski definition) is 0. The van der Waals surface area contributed by atoms with Crippen LogP contribution in [0.25, 0.3) is 10.9 Å². The van der Waals surface area contributed by atoms with Crippen LogP contribution in [0.1, 0.15) is 5.82 Å². The molecule has 1 amide bonds. The van der Waals surface area contributed by atoms with Gasteiger partial charge in [0.2, 0.25) is 5.17 Å². The third-order valence-corrected chi connectivity index (χ3v) is 4.68. The van der Waals surface area contributed by atoms with Gasteiger partial charge in [0.05, 0.1) is 16.6 Å². The van der Waals surface area contributed by atoms with Gasteiger partial charge in [-0.3, -0.25) is 14.4 Å². The van der Waals surface area contributed by atoms with E-state index in [-0.39, 0.29) is 10.7 Å². The molecule has 7 nitrogen and oxygen atoms in total. The van der Waals surface area contributed by atoms with Gasteiger partial charge in [-0.25, -0.2) is 9.88 Å². The molecule has 128 valence electrons. The summed E-state index contributed by atoms with van der Waals surface area (Å²) in [5.74, 6) is -0.332. The summed E-state index contributed by atoms with van der Waals surface area (Å²) in [5.41, 5.74) is 0.715. The van der Waals surface area contributed by atoms with Gasteiger partial charge >= 0.3 is 5.91 Å². The van der Waals surface area contributed by atoms with E-state index in [1.807, 2.05) is 0 Å². The van der Waals surface area contributed by atoms with Gasteiger partial charge in [0.1, 0.15) is 5.82 Å². The Labute approximate surface area is 152 Å². The molecular weight excluding hydrogens is 352 g/mol. The fourth-order valence-corrected chi connectivity index (χ4v) is 3.40. The van der Waals surface area contributed by atoms with Crippen LogP contribution in [-0.4, -0.2) is 25.9 Å². The van der Waals surface area contributed by atoms with Crippen molar-refractivity contribution in [1.29, 1.82) is 0 Å². The van der Waals surface area contributed by atoms with Gasteiger partial charge in [-0.15, -0.1) is 5.10 Å². The quantitative estimate of drug-likeness (QED) is 0.651. The van der Waals surface area contributed by atoms with Crippen molar-refractivity contribution in [2.75, 3.05) is 4.90 Å². The van der Waals surface area contributed by atoms with Gasteiger partial charge < -0.3 is 0 Å². The van der Waals surface area contributed by atoms with Crippen molar-refractivity contribution >= 4 is 44.5 Å². The first-order chi connectivity index (χ1) is 12.6. The molecule has 1 aromatic heterocycles. The molecule has 1 fully saturated rings. The number of thioether (sulfide) groups is 1. The number of amidine groups is 1. The number of nitrogens with zero attached hydrogens (tertiary/aromatic N) is 4. The van der Waals surface area contributed by atoms with E-state index < -0.39 is 11.0 Å². The van der Waals surface area contributed by atoms with Crippen molar-refractivity contribution in [3.8, 4) is 0 Å². The molecule has 4 rings (SSSR count). The number of benzene rings is 2. The summed E-state index contributed by atoms with van der Waals surface area (Å²) >= 11 is 0.694. The Morgan fingerprint density at radius 1 is 0.962 bits per heavy atom. The maximum absolute atomic E-state index is 12.8. The lowest BCUT2D eigenvalue weighted by Crippen LogP contribution is -2.32. The van der Waals surface area contributed by atoms with E-state index in [0.717, 1.165) is 4.68 Å². The minimum absolute atomic E-state index is 0.119. The van der Waals surface area contributed by atoms with E-state index in [2.05, 4.69) is 10.1 Å². The number of aromatic nitrogens is 2. The molecule has 2 heterocycles. The molecule has 0 spiro atoms. The number of carbonyl (C=O) groups excluding carboxylic acids is 2. The molecule has 0 atom stereocenters. The van der Waals surface area contributed by atoms with Crippen molar-refractivity contribution in [2.24, 2.45) is 5.10 Å². The first-order valence-corrected chi connectivity index (χ1v) is 8.56. The number of aryl methyl sites for hydroxylation is 1. The van der Waals surface area contributed by atoms with Crippen LogP contribution >= 0.6 is 11.8 Å². The highest BCUT2D eigenvalue weighted by Crippen LogP contribution is 2.27. The molecular formula is C18H12N4O3S. The predicted octanol–water partition coefficient (Wildman–Crippen LogP) is 2.13. The molecule has 1 saturated heterocycles. The van der Waals surface area contributed by atoms with Crippen molar-refractivity contribution in [3.05, 3.63) is 70.8 Å². The van der Waals surface area contributed by atoms with Crippen LogP contribution in [0.5, 0.6) is 0 Å². The average Bonchev–Trinajstić information content (AvgIpc) is 2.93. The first-order valence-electron chi connectivity index (χ1n) is 7.75. The lowest BCUT2D eigenvalue weighted by molar-refractivity contribution is -0.130. The fraction of sp³-hybridized carbons (Fsp3) is 0.0556. The number of hydrogen-bond acceptors (Lipinski definition) is 6. The van der Waals surface area contributed by atoms with Crippen molar-refractivity contribution in [2.45, 2.75) is 6.92 Å². The Bertz CT molecular complexity index is 1140. The highest BCUT2D eigenvalue weighted by Gasteiger charge is 2.38. The Hall–Kier alpha value is -3.26. The standard InChI is InChI=1S/C18H12N4O3S/c1-11-19-14-10-6-5-9-13(14)15(23)22(11)20-18-21(16(24)17(25)26-18)12-7-3-2-4-8-12/h2-10H,1H3/b20-18+. The van der Waals surface area contributed by atoms with Gasteiger partial charge in [-0.05, 0) is 43.0 Å². The normalized spacial score (nSPS) is 16.0. The van der Waals surface area contributed by atoms with E-state index in [9.17, 15) is 14.4 Å². The Morgan fingerprint density at radius 3 is 2.42 bits per heavy atom. The van der Waals surface area contributed by atoms with E-state index in [4.69, 9.17) is 0 Å². The van der Waals surface area contributed by atoms with Crippen molar-refractivity contribution in [3.63, 3.8) is 0 Å². The number of anilines is 1. The average molecular weight is 364 g/mol. The molecule has 0 saturated carbocycles. The third-order valence-electron chi connectivity index (χ3n) is 3.87. The van der Waals surface area contributed by atoms with E-state index in [0.29, 0.717) is 34.2 Å². The van der Waals surface area contributed by atoms with E-state index in [1.165, 1.54) is 4.90 Å². The highest BCUT2D eigenvalue weighted by molar-refractivity contribution is 8.29. The molecule has 1 aliphatic heterocycles. The Balaban J connectivity index is 1.90. The van der Waals surface area contributed by atoms with Gasteiger partial charge in [0.15, 0.2) is 0 Å². The molecule has 0 N–H and O–H groups in total. The zero-order valence-corrected chi connectivity index (χ0v) is 14.4. The zero-order valence-electron chi connectivity index (χ0n) is 13.6. The molecule has 3 aromatic rings. The van der Waals surface area contributed by atoms with Gasteiger partial charge in [0.25, 0.3) is 10.7 Å². The summed E-state index contributed by atoms with van der Waals surface area (Å²) in [7, 11) is 0. The topological polar surface area (TPSA) is 84.6 Å². The summed E-state index contributed by atoms with van der Waals surface area (Å²) < 4.78 is 1.12. The fourth-order valence-electron chi connectivity index (χ4n) is 2.66. The Kier molecular flexibility index (Phi) is 3.89. The minimum Gasteiger partial charge on any atom is -0.275 e. The van der Waals surface area contributed by atoms with Crippen LogP contribution in [0.3, 0.4) is 0 Å². The molecule has 0 aliphatic carbocycles. The molecule has 26 heavy (non-hydrogen) atoms. The van der Waals surface area contributed by atoms with Crippen LogP contribution in [0.4, 0.5) is 5.69 Å². The molecule has 8 heteroatoms. The summed E-state index contributed by atoms with van der Waals surface area (Å²) in [4.78, 5) is 42.5. The van der Waals surface area contributed by atoms with Crippen LogP contribution in [0.15, 0.2) is 64.5 Å². The predicted molar refractivity (Wildman–Crippen MR) is 100 cm³/mol. The lowest BCUT2D eigenvalue weighted by atomic mass is 10.2. The lowest BCUT2D eigenvalue weighted by Gasteiger charge is -2.15. The maximum Gasteiger partial charge on any atom is 0.312 e. The van der Waals surface area contributed by atoms with Gasteiger partial charge in [-0.1, -0.05) is 30.3 Å². The highest BCUT2D eigenvalue weighted by atomic mass is 32.2.